The van der Waals surface area contributed by atoms with Crippen LogP contribution in [0.15, 0.2) is 9.05 Å². The fraction of sp³-hybridized carbons (Fsp3) is 0.750. The molecule has 0 spiro atoms. The monoisotopic (exact) mass is 332 g/mol. The lowest BCUT2D eigenvalue weighted by Crippen LogP contribution is -2.46. The van der Waals surface area contributed by atoms with Crippen LogP contribution in [0.5, 0.6) is 0 Å². The van der Waals surface area contributed by atoms with Crippen LogP contribution in [0.2, 0.25) is 0 Å². The molecule has 0 bridgehead atoms. The standard InChI is InChI=1S/C16H24N6O2/c1-3-14-17-13(19-23-14)10-21-6-8-22(9-7-21)11(2)16-18-15(20-24-16)12-4-5-12/h11-12H,3-10H2,1-2H3/t11-/m1/s1. The molecule has 1 aliphatic carbocycles. The van der Waals surface area contributed by atoms with Gasteiger partial charge < -0.3 is 9.05 Å². The van der Waals surface area contributed by atoms with E-state index in [-0.39, 0.29) is 6.04 Å². The van der Waals surface area contributed by atoms with E-state index in [4.69, 9.17) is 9.05 Å². The number of hydrogen-bond acceptors (Lipinski definition) is 8. The van der Waals surface area contributed by atoms with E-state index in [0.29, 0.717) is 11.8 Å². The second-order valence-corrected chi connectivity index (χ2v) is 6.71. The van der Waals surface area contributed by atoms with Gasteiger partial charge in [0.25, 0.3) is 0 Å². The highest BCUT2D eigenvalue weighted by molar-refractivity contribution is 5.05. The summed E-state index contributed by atoms with van der Waals surface area (Å²) in [7, 11) is 0. The van der Waals surface area contributed by atoms with Crippen molar-refractivity contribution in [3.8, 4) is 0 Å². The Labute approximate surface area is 141 Å². The minimum Gasteiger partial charge on any atom is -0.339 e. The van der Waals surface area contributed by atoms with Crippen molar-refractivity contribution in [2.24, 2.45) is 0 Å². The van der Waals surface area contributed by atoms with Crippen molar-refractivity contribution in [3.63, 3.8) is 0 Å². The van der Waals surface area contributed by atoms with E-state index in [1.54, 1.807) is 0 Å². The van der Waals surface area contributed by atoms with E-state index < -0.39 is 0 Å². The van der Waals surface area contributed by atoms with Gasteiger partial charge in [-0.2, -0.15) is 9.97 Å². The highest BCUT2D eigenvalue weighted by atomic mass is 16.5. The number of aryl methyl sites for hydroxylation is 1. The van der Waals surface area contributed by atoms with Crippen LogP contribution >= 0.6 is 0 Å². The summed E-state index contributed by atoms with van der Waals surface area (Å²) in [6.45, 7) is 8.81. The molecule has 1 aliphatic heterocycles. The molecule has 0 amide bonds. The van der Waals surface area contributed by atoms with Crippen LogP contribution in [-0.2, 0) is 13.0 Å². The first-order valence-corrected chi connectivity index (χ1v) is 8.84. The molecule has 1 saturated heterocycles. The third-order valence-corrected chi connectivity index (χ3v) is 4.89. The summed E-state index contributed by atoms with van der Waals surface area (Å²) in [5.74, 6) is 3.66. The highest BCUT2D eigenvalue weighted by Gasteiger charge is 2.31. The van der Waals surface area contributed by atoms with Gasteiger partial charge in [-0.1, -0.05) is 17.2 Å². The van der Waals surface area contributed by atoms with Gasteiger partial charge in [0, 0.05) is 38.5 Å². The van der Waals surface area contributed by atoms with Gasteiger partial charge in [-0.05, 0) is 19.8 Å². The summed E-state index contributed by atoms with van der Waals surface area (Å²) in [5, 5.41) is 8.16. The van der Waals surface area contributed by atoms with Crippen molar-refractivity contribution in [2.75, 3.05) is 26.2 Å². The van der Waals surface area contributed by atoms with Gasteiger partial charge in [0.15, 0.2) is 11.6 Å². The van der Waals surface area contributed by atoms with Crippen LogP contribution in [0.4, 0.5) is 0 Å². The van der Waals surface area contributed by atoms with Gasteiger partial charge in [-0.15, -0.1) is 0 Å². The summed E-state index contributed by atoms with van der Waals surface area (Å²) >= 11 is 0. The van der Waals surface area contributed by atoms with Crippen molar-refractivity contribution in [1.82, 2.24) is 30.1 Å². The van der Waals surface area contributed by atoms with Gasteiger partial charge in [0.2, 0.25) is 11.8 Å². The Morgan fingerprint density at radius 1 is 1.08 bits per heavy atom. The number of nitrogens with zero attached hydrogens (tertiary/aromatic N) is 6. The Hall–Kier alpha value is -1.80. The van der Waals surface area contributed by atoms with E-state index in [2.05, 4.69) is 37.0 Å². The maximum absolute atomic E-state index is 5.47. The smallest absolute Gasteiger partial charge is 0.243 e. The number of aromatic nitrogens is 4. The van der Waals surface area contributed by atoms with Gasteiger partial charge in [0.1, 0.15) is 0 Å². The molecule has 0 aromatic carbocycles. The molecule has 2 aliphatic rings. The predicted octanol–water partition coefficient (Wildman–Crippen LogP) is 1.77. The van der Waals surface area contributed by atoms with Crippen LogP contribution in [0, 0.1) is 0 Å². The molecule has 2 fully saturated rings. The SMILES string of the molecule is CCc1nc(CN2CCN([C@H](C)c3nc(C4CC4)no3)CC2)no1. The van der Waals surface area contributed by atoms with Crippen molar-refractivity contribution in [2.45, 2.75) is 51.6 Å². The van der Waals surface area contributed by atoms with Gasteiger partial charge in [-0.3, -0.25) is 9.80 Å². The molecule has 2 aromatic heterocycles. The second kappa shape index (κ2) is 6.60. The average Bonchev–Trinajstić information content (AvgIpc) is 3.17. The van der Waals surface area contributed by atoms with Crippen LogP contribution in [0.1, 0.15) is 62.1 Å². The summed E-state index contributed by atoms with van der Waals surface area (Å²) in [5.41, 5.74) is 0. The number of hydrogen-bond donors (Lipinski definition) is 0. The first-order chi connectivity index (χ1) is 11.7. The minimum atomic E-state index is 0.170. The maximum atomic E-state index is 5.47. The number of piperazine rings is 1. The minimum absolute atomic E-state index is 0.170. The van der Waals surface area contributed by atoms with E-state index in [1.807, 2.05) is 6.92 Å². The van der Waals surface area contributed by atoms with E-state index in [1.165, 1.54) is 12.8 Å². The van der Waals surface area contributed by atoms with E-state index in [0.717, 1.165) is 56.7 Å². The zero-order valence-electron chi connectivity index (χ0n) is 14.3. The molecule has 130 valence electrons. The van der Waals surface area contributed by atoms with Crippen molar-refractivity contribution >= 4 is 0 Å². The molecular formula is C16H24N6O2. The van der Waals surface area contributed by atoms with Crippen molar-refractivity contribution in [1.29, 1.82) is 0 Å². The molecule has 0 N–H and O–H groups in total. The maximum Gasteiger partial charge on any atom is 0.243 e. The molecule has 0 unspecified atom stereocenters. The zero-order valence-corrected chi connectivity index (χ0v) is 14.3. The lowest BCUT2D eigenvalue weighted by Gasteiger charge is -2.36. The normalized spacial score (nSPS) is 21.2. The first kappa shape index (κ1) is 15.7. The summed E-state index contributed by atoms with van der Waals surface area (Å²) in [6, 6.07) is 0.170. The number of rotatable bonds is 6. The molecule has 8 heteroatoms. The lowest BCUT2D eigenvalue weighted by atomic mass is 10.2. The Morgan fingerprint density at radius 2 is 1.88 bits per heavy atom. The van der Waals surface area contributed by atoms with E-state index >= 15 is 0 Å². The lowest BCUT2D eigenvalue weighted by molar-refractivity contribution is 0.0827. The Balaban J connectivity index is 1.29. The third kappa shape index (κ3) is 3.34. The van der Waals surface area contributed by atoms with Gasteiger partial charge in [0.05, 0.1) is 12.6 Å². The van der Waals surface area contributed by atoms with E-state index in [9.17, 15) is 0 Å². The molecule has 8 nitrogen and oxygen atoms in total. The van der Waals surface area contributed by atoms with Crippen LogP contribution < -0.4 is 0 Å². The molecule has 3 heterocycles. The van der Waals surface area contributed by atoms with Gasteiger partial charge >= 0.3 is 0 Å². The van der Waals surface area contributed by atoms with Crippen molar-refractivity contribution in [3.05, 3.63) is 23.4 Å². The Bertz CT molecular complexity index is 672. The predicted molar refractivity (Wildman–Crippen MR) is 85.2 cm³/mol. The molecule has 24 heavy (non-hydrogen) atoms. The Morgan fingerprint density at radius 3 is 2.54 bits per heavy atom. The second-order valence-electron chi connectivity index (χ2n) is 6.71. The average molecular weight is 332 g/mol. The molecule has 1 atom stereocenters. The highest BCUT2D eigenvalue weighted by Crippen LogP contribution is 2.38. The largest absolute Gasteiger partial charge is 0.339 e. The summed E-state index contributed by atoms with van der Waals surface area (Å²) in [6.07, 6.45) is 3.18. The molecule has 1 saturated carbocycles. The molecule has 0 radical (unpaired) electrons. The van der Waals surface area contributed by atoms with Crippen LogP contribution in [0.3, 0.4) is 0 Å². The first-order valence-electron chi connectivity index (χ1n) is 8.84. The fourth-order valence-corrected chi connectivity index (χ4v) is 3.09. The third-order valence-electron chi connectivity index (χ3n) is 4.89. The molecular weight excluding hydrogens is 308 g/mol. The Kier molecular flexibility index (Phi) is 4.32. The quantitative estimate of drug-likeness (QED) is 0.791. The fourth-order valence-electron chi connectivity index (χ4n) is 3.09. The summed E-state index contributed by atoms with van der Waals surface area (Å²) in [4.78, 5) is 13.7. The topological polar surface area (TPSA) is 84.3 Å². The van der Waals surface area contributed by atoms with Crippen molar-refractivity contribution < 1.29 is 9.05 Å². The zero-order chi connectivity index (χ0) is 16.5. The van der Waals surface area contributed by atoms with Gasteiger partial charge in [-0.25, -0.2) is 0 Å². The van der Waals surface area contributed by atoms with Crippen LogP contribution in [-0.4, -0.2) is 56.3 Å². The van der Waals surface area contributed by atoms with Crippen LogP contribution in [0.25, 0.3) is 0 Å². The summed E-state index contributed by atoms with van der Waals surface area (Å²) < 4.78 is 10.6. The molecule has 4 rings (SSSR count). The molecule has 2 aromatic rings.